The molecular weight excluding hydrogens is 252 g/mol. The maximum absolute atomic E-state index is 11.6. The van der Waals surface area contributed by atoms with Crippen molar-refractivity contribution >= 4 is 12.0 Å². The summed E-state index contributed by atoms with van der Waals surface area (Å²) in [5, 5.41) is 2.86. The van der Waals surface area contributed by atoms with Crippen LogP contribution in [0.2, 0.25) is 0 Å². The molecule has 5 nitrogen and oxygen atoms in total. The molecule has 0 aliphatic carbocycles. The topological polar surface area (TPSA) is 59.8 Å². The Bertz CT molecular complexity index is 534. The summed E-state index contributed by atoms with van der Waals surface area (Å²) in [6, 6.07) is 3.75. The van der Waals surface area contributed by atoms with E-state index in [1.165, 1.54) is 6.08 Å². The minimum atomic E-state index is -0.0727. The van der Waals surface area contributed by atoms with Crippen LogP contribution in [-0.2, 0) is 11.3 Å². The highest BCUT2D eigenvalue weighted by molar-refractivity contribution is 5.91. The maximum atomic E-state index is 11.6. The molecule has 1 N–H and O–H groups in total. The molecule has 0 radical (unpaired) electrons. The Hall–Kier alpha value is -2.43. The fraction of sp³-hybridized carbons (Fsp3) is 0.267. The number of amides is 1. The molecule has 104 valence electrons. The van der Waals surface area contributed by atoms with E-state index in [1.54, 1.807) is 31.0 Å². The van der Waals surface area contributed by atoms with E-state index >= 15 is 0 Å². The van der Waals surface area contributed by atoms with Gasteiger partial charge in [0, 0.05) is 44.0 Å². The summed E-state index contributed by atoms with van der Waals surface area (Å²) >= 11 is 0. The van der Waals surface area contributed by atoms with Crippen molar-refractivity contribution in [3.8, 4) is 0 Å². The van der Waals surface area contributed by atoms with E-state index in [0.717, 1.165) is 24.9 Å². The number of carbonyl (C=O) groups is 1. The molecule has 2 aromatic rings. The summed E-state index contributed by atoms with van der Waals surface area (Å²) in [6.45, 7) is 1.62. The van der Waals surface area contributed by atoms with E-state index in [9.17, 15) is 4.79 Å². The summed E-state index contributed by atoms with van der Waals surface area (Å²) in [5.41, 5.74) is 0.919. The van der Waals surface area contributed by atoms with Gasteiger partial charge in [-0.1, -0.05) is 6.07 Å². The minimum Gasteiger partial charge on any atom is -0.353 e. The minimum absolute atomic E-state index is 0.0727. The Balaban J connectivity index is 1.59. The standard InChI is InChI=1S/C15H18N4O/c20-15(6-5-14-4-3-7-16-12-14)18-8-1-2-10-19-11-9-17-13-19/h3-7,9,11-13H,1-2,8,10H2,(H,18,20)/b6-5-. The fourth-order valence-electron chi connectivity index (χ4n) is 1.76. The van der Waals surface area contributed by atoms with Gasteiger partial charge in [0.25, 0.3) is 0 Å². The molecule has 2 rings (SSSR count). The number of hydrogen-bond acceptors (Lipinski definition) is 3. The molecule has 1 amide bonds. The first-order valence-electron chi connectivity index (χ1n) is 6.66. The number of aromatic nitrogens is 3. The number of nitrogens with zero attached hydrogens (tertiary/aromatic N) is 3. The van der Waals surface area contributed by atoms with Crippen molar-refractivity contribution in [2.45, 2.75) is 19.4 Å². The molecule has 0 saturated heterocycles. The van der Waals surface area contributed by atoms with Crippen LogP contribution in [0.4, 0.5) is 0 Å². The average molecular weight is 270 g/mol. The first-order chi connectivity index (χ1) is 9.84. The quantitative estimate of drug-likeness (QED) is 0.617. The first-order valence-corrected chi connectivity index (χ1v) is 6.66. The fourth-order valence-corrected chi connectivity index (χ4v) is 1.76. The van der Waals surface area contributed by atoms with Crippen LogP contribution < -0.4 is 5.32 Å². The van der Waals surface area contributed by atoms with Gasteiger partial charge in [0.05, 0.1) is 6.33 Å². The van der Waals surface area contributed by atoms with Crippen molar-refractivity contribution in [2.75, 3.05) is 6.54 Å². The van der Waals surface area contributed by atoms with Crippen molar-refractivity contribution in [3.05, 3.63) is 54.9 Å². The number of nitrogens with one attached hydrogen (secondary N) is 1. The predicted octanol–water partition coefficient (Wildman–Crippen LogP) is 1.89. The third-order valence-electron chi connectivity index (χ3n) is 2.81. The van der Waals surface area contributed by atoms with Crippen LogP contribution in [0.25, 0.3) is 6.08 Å². The molecule has 2 aromatic heterocycles. The van der Waals surface area contributed by atoms with Crippen LogP contribution in [0.3, 0.4) is 0 Å². The van der Waals surface area contributed by atoms with E-state index < -0.39 is 0 Å². The Labute approximate surface area is 118 Å². The van der Waals surface area contributed by atoms with Crippen molar-refractivity contribution < 1.29 is 4.79 Å². The van der Waals surface area contributed by atoms with Gasteiger partial charge in [-0.2, -0.15) is 0 Å². The number of unbranched alkanes of at least 4 members (excludes halogenated alkanes) is 1. The van der Waals surface area contributed by atoms with Gasteiger partial charge < -0.3 is 9.88 Å². The lowest BCUT2D eigenvalue weighted by atomic mass is 10.2. The molecule has 0 saturated carbocycles. The van der Waals surface area contributed by atoms with Crippen LogP contribution >= 0.6 is 0 Å². The van der Waals surface area contributed by atoms with Gasteiger partial charge in [-0.25, -0.2) is 4.98 Å². The van der Waals surface area contributed by atoms with Gasteiger partial charge in [0.2, 0.25) is 5.91 Å². The lowest BCUT2D eigenvalue weighted by Gasteiger charge is -2.03. The number of rotatable bonds is 7. The second kappa shape index (κ2) is 7.89. The molecule has 0 atom stereocenters. The lowest BCUT2D eigenvalue weighted by Crippen LogP contribution is -2.22. The second-order valence-corrected chi connectivity index (χ2v) is 4.42. The van der Waals surface area contributed by atoms with Gasteiger partial charge in [-0.3, -0.25) is 9.78 Å². The summed E-state index contributed by atoms with van der Waals surface area (Å²) in [5.74, 6) is -0.0727. The summed E-state index contributed by atoms with van der Waals surface area (Å²) in [4.78, 5) is 19.5. The number of imidazole rings is 1. The molecule has 0 unspecified atom stereocenters. The van der Waals surface area contributed by atoms with Crippen LogP contribution in [0.15, 0.2) is 49.3 Å². The van der Waals surface area contributed by atoms with Gasteiger partial charge in [0.15, 0.2) is 0 Å². The van der Waals surface area contributed by atoms with Crippen molar-refractivity contribution in [1.82, 2.24) is 19.9 Å². The second-order valence-electron chi connectivity index (χ2n) is 4.42. The summed E-state index contributed by atoms with van der Waals surface area (Å²) < 4.78 is 2.03. The molecule has 20 heavy (non-hydrogen) atoms. The average Bonchev–Trinajstić information content (AvgIpc) is 2.99. The zero-order valence-electron chi connectivity index (χ0n) is 11.3. The molecule has 5 heteroatoms. The van der Waals surface area contributed by atoms with Crippen LogP contribution in [-0.4, -0.2) is 27.0 Å². The lowest BCUT2D eigenvalue weighted by molar-refractivity contribution is -0.116. The normalized spacial score (nSPS) is 10.8. The highest BCUT2D eigenvalue weighted by atomic mass is 16.1. The third-order valence-corrected chi connectivity index (χ3v) is 2.81. The SMILES string of the molecule is O=C(/C=C\c1cccnc1)NCCCCn1ccnc1. The van der Waals surface area contributed by atoms with E-state index in [1.807, 2.05) is 22.9 Å². The zero-order chi connectivity index (χ0) is 14.0. The molecule has 0 aliphatic rings. The van der Waals surface area contributed by atoms with Gasteiger partial charge >= 0.3 is 0 Å². The van der Waals surface area contributed by atoms with E-state index in [2.05, 4.69) is 15.3 Å². The van der Waals surface area contributed by atoms with E-state index in [0.29, 0.717) is 6.54 Å². The smallest absolute Gasteiger partial charge is 0.243 e. The van der Waals surface area contributed by atoms with Crippen LogP contribution in [0.1, 0.15) is 18.4 Å². The van der Waals surface area contributed by atoms with Crippen molar-refractivity contribution in [1.29, 1.82) is 0 Å². The highest BCUT2D eigenvalue weighted by Crippen LogP contribution is 1.98. The largest absolute Gasteiger partial charge is 0.353 e. The molecule has 0 fully saturated rings. The van der Waals surface area contributed by atoms with Gasteiger partial charge in [-0.05, 0) is 30.5 Å². The molecular formula is C15H18N4O. The van der Waals surface area contributed by atoms with Crippen LogP contribution in [0.5, 0.6) is 0 Å². The van der Waals surface area contributed by atoms with E-state index in [-0.39, 0.29) is 5.91 Å². The Morgan fingerprint density at radius 2 is 2.25 bits per heavy atom. The van der Waals surface area contributed by atoms with Crippen molar-refractivity contribution in [3.63, 3.8) is 0 Å². The zero-order valence-corrected chi connectivity index (χ0v) is 11.3. The maximum Gasteiger partial charge on any atom is 0.243 e. The molecule has 0 aromatic carbocycles. The van der Waals surface area contributed by atoms with Crippen LogP contribution in [0, 0.1) is 0 Å². The summed E-state index contributed by atoms with van der Waals surface area (Å²) in [7, 11) is 0. The Morgan fingerprint density at radius 1 is 1.30 bits per heavy atom. The Kier molecular flexibility index (Phi) is 5.52. The van der Waals surface area contributed by atoms with Gasteiger partial charge in [-0.15, -0.1) is 0 Å². The Morgan fingerprint density at radius 3 is 3.00 bits per heavy atom. The molecule has 0 aliphatic heterocycles. The van der Waals surface area contributed by atoms with Gasteiger partial charge in [0.1, 0.15) is 0 Å². The first kappa shape index (κ1) is 14.0. The monoisotopic (exact) mass is 270 g/mol. The van der Waals surface area contributed by atoms with E-state index in [4.69, 9.17) is 0 Å². The van der Waals surface area contributed by atoms with Crippen molar-refractivity contribution in [2.24, 2.45) is 0 Å². The number of pyridine rings is 1. The molecule has 0 spiro atoms. The third kappa shape index (κ3) is 5.06. The summed E-state index contributed by atoms with van der Waals surface area (Å²) in [6.07, 6.45) is 14.2. The highest BCUT2D eigenvalue weighted by Gasteiger charge is 1.95. The molecule has 2 heterocycles. The predicted molar refractivity (Wildman–Crippen MR) is 77.7 cm³/mol. The number of hydrogen-bond donors (Lipinski definition) is 1. The number of aryl methyl sites for hydroxylation is 1. The number of carbonyl (C=O) groups excluding carboxylic acids is 1. The molecule has 0 bridgehead atoms.